The first-order chi connectivity index (χ1) is 27.7. The van der Waals surface area contributed by atoms with Crippen molar-refractivity contribution in [3.63, 3.8) is 0 Å². The van der Waals surface area contributed by atoms with Gasteiger partial charge in [0, 0.05) is 131 Å². The van der Waals surface area contributed by atoms with Gasteiger partial charge in [-0.3, -0.25) is 29.5 Å². The first kappa shape index (κ1) is 35.9. The first-order valence-corrected chi connectivity index (χ1v) is 19.3. The summed E-state index contributed by atoms with van der Waals surface area (Å²) < 4.78 is 4.25. The van der Waals surface area contributed by atoms with Gasteiger partial charge in [0.2, 0.25) is 11.8 Å². The van der Waals surface area contributed by atoms with Crippen LogP contribution in [0, 0.1) is 0 Å². The summed E-state index contributed by atoms with van der Waals surface area (Å²) in [6.07, 6.45) is 12.0. The number of amides is 2. The zero-order valence-corrected chi connectivity index (χ0v) is 32.5. The molecule has 57 heavy (non-hydrogen) atoms. The molecule has 2 fully saturated rings. The number of aryl methyl sites for hydroxylation is 2. The van der Waals surface area contributed by atoms with E-state index in [9.17, 15) is 9.59 Å². The van der Waals surface area contributed by atoms with Gasteiger partial charge >= 0.3 is 0 Å². The molecule has 2 amide bonds. The molecule has 0 bridgehead atoms. The van der Waals surface area contributed by atoms with Gasteiger partial charge in [-0.2, -0.15) is 0 Å². The van der Waals surface area contributed by atoms with Crippen LogP contribution in [0.2, 0.25) is 0 Å². The van der Waals surface area contributed by atoms with Gasteiger partial charge in [-0.05, 0) is 76.9 Å². The van der Waals surface area contributed by atoms with Crippen molar-refractivity contribution in [1.82, 2.24) is 38.9 Å². The van der Waals surface area contributed by atoms with Crippen molar-refractivity contribution in [2.45, 2.75) is 32.4 Å². The lowest BCUT2D eigenvalue weighted by molar-refractivity contribution is -0.132. The van der Waals surface area contributed by atoms with Gasteiger partial charge in [0.25, 0.3) is 0 Å². The van der Waals surface area contributed by atoms with Gasteiger partial charge in [0.15, 0.2) is 0 Å². The number of likely N-dealkylation sites (tertiary alicyclic amines) is 2. The van der Waals surface area contributed by atoms with Crippen molar-refractivity contribution >= 4 is 67.1 Å². The molecule has 2 saturated heterocycles. The Bertz CT molecular complexity index is 2820. The Hall–Kier alpha value is -6.82. The van der Waals surface area contributed by atoms with Crippen LogP contribution in [0.25, 0.3) is 66.1 Å². The number of aromatic nitrogens is 6. The molecule has 1 unspecified atom stereocenters. The second-order valence-corrected chi connectivity index (χ2v) is 15.2. The average Bonchev–Trinajstić information content (AvgIpc) is 3.94. The van der Waals surface area contributed by atoms with E-state index in [-0.39, 0.29) is 23.9 Å². The number of carbonyl (C=O) groups excluding carboxylic acids is 2. The van der Waals surface area contributed by atoms with Gasteiger partial charge in [-0.1, -0.05) is 24.3 Å². The quantitative estimate of drug-likeness (QED) is 0.182. The molecule has 1 atom stereocenters. The lowest BCUT2D eigenvalue weighted by Gasteiger charge is -2.39. The SMILES string of the molecule is CC(=O)N1CC(Nc2cc(-c3ccc4ccn(C)c4c3)c3nccnc3c2)C1.CC(=O)N1CCC(Nc2cc(-c3ccc4ccn(C)c4c3)c3nccnc3c2)C1. The lowest BCUT2D eigenvalue weighted by Crippen LogP contribution is -2.56. The number of fused-ring (bicyclic) bond motifs is 4. The van der Waals surface area contributed by atoms with Gasteiger partial charge in [-0.15, -0.1) is 0 Å². The molecule has 0 spiro atoms. The zero-order valence-electron chi connectivity index (χ0n) is 32.5. The van der Waals surface area contributed by atoms with E-state index in [0.717, 1.165) is 88.3 Å². The van der Waals surface area contributed by atoms with Gasteiger partial charge in [-0.25, -0.2) is 0 Å². The van der Waals surface area contributed by atoms with Crippen LogP contribution in [0.1, 0.15) is 20.3 Å². The Kier molecular flexibility index (Phi) is 9.24. The summed E-state index contributed by atoms with van der Waals surface area (Å²) in [5.41, 5.74) is 12.2. The van der Waals surface area contributed by atoms with Crippen molar-refractivity contribution < 1.29 is 9.59 Å². The van der Waals surface area contributed by atoms with E-state index in [2.05, 4.69) is 127 Å². The molecule has 12 heteroatoms. The summed E-state index contributed by atoms with van der Waals surface area (Å²) in [5, 5.41) is 9.58. The summed E-state index contributed by atoms with van der Waals surface area (Å²) in [7, 11) is 4.11. The Morgan fingerprint density at radius 3 is 1.54 bits per heavy atom. The number of anilines is 2. The molecule has 2 aliphatic rings. The Morgan fingerprint density at radius 1 is 0.579 bits per heavy atom. The molecule has 2 aliphatic heterocycles. The molecule has 10 rings (SSSR count). The summed E-state index contributed by atoms with van der Waals surface area (Å²) in [4.78, 5) is 45.1. The highest BCUT2D eigenvalue weighted by atomic mass is 16.2. The van der Waals surface area contributed by atoms with Crippen molar-refractivity contribution in [3.05, 3.63) is 110 Å². The molecular formula is C45H44N10O2. The third-order valence-electron chi connectivity index (χ3n) is 11.2. The largest absolute Gasteiger partial charge is 0.380 e. The third kappa shape index (κ3) is 7.10. The summed E-state index contributed by atoms with van der Waals surface area (Å²) in [6, 6.07) is 26.1. The van der Waals surface area contributed by atoms with Crippen LogP contribution in [0.15, 0.2) is 110 Å². The van der Waals surface area contributed by atoms with Crippen LogP contribution in [-0.4, -0.2) is 88.9 Å². The van der Waals surface area contributed by atoms with Crippen LogP contribution in [0.5, 0.6) is 0 Å². The van der Waals surface area contributed by atoms with E-state index >= 15 is 0 Å². The minimum Gasteiger partial charge on any atom is -0.380 e. The normalized spacial score (nSPS) is 15.5. The molecular weight excluding hydrogens is 713 g/mol. The van der Waals surface area contributed by atoms with E-state index in [4.69, 9.17) is 0 Å². The van der Waals surface area contributed by atoms with Crippen molar-refractivity contribution in [2.24, 2.45) is 14.1 Å². The smallest absolute Gasteiger partial charge is 0.219 e. The van der Waals surface area contributed by atoms with Crippen LogP contribution in [-0.2, 0) is 23.7 Å². The number of nitrogens with one attached hydrogen (secondary N) is 2. The number of nitrogens with zero attached hydrogens (tertiary/aromatic N) is 8. The van der Waals surface area contributed by atoms with Crippen molar-refractivity contribution in [2.75, 3.05) is 36.8 Å². The summed E-state index contributed by atoms with van der Waals surface area (Å²) in [6.45, 7) is 6.25. The molecule has 0 radical (unpaired) electrons. The number of benzene rings is 4. The maximum Gasteiger partial charge on any atom is 0.219 e. The minimum absolute atomic E-state index is 0.124. The third-order valence-corrected chi connectivity index (χ3v) is 11.2. The standard InChI is InChI=1S/C23H23N5O.C22H21N5O/c1-15(29)28-10-6-18(14-28)26-19-12-20(23-21(13-19)24-7-8-25-23)17-4-3-16-5-9-27(2)22(16)11-17;1-14(28)27-12-18(13-27)25-17-10-19(22-20(11-17)23-6-7-24-22)16-4-3-15-5-8-26(2)21(15)9-16/h3-5,7-9,11-13,18,26H,6,10,14H2,1-2H3;3-11,18,25H,12-13H2,1-2H3. The molecule has 0 saturated carbocycles. The lowest BCUT2D eigenvalue weighted by atomic mass is 10.0. The fourth-order valence-corrected chi connectivity index (χ4v) is 8.08. The van der Waals surface area contributed by atoms with E-state index in [1.54, 1.807) is 38.6 Å². The van der Waals surface area contributed by atoms with Crippen LogP contribution < -0.4 is 10.6 Å². The second kappa shape index (κ2) is 14.7. The molecule has 0 aliphatic carbocycles. The van der Waals surface area contributed by atoms with Gasteiger partial charge in [0.1, 0.15) is 0 Å². The number of rotatable bonds is 6. The Balaban J connectivity index is 0.000000148. The second-order valence-electron chi connectivity index (χ2n) is 15.2. The Morgan fingerprint density at radius 2 is 1.05 bits per heavy atom. The number of hydrogen-bond acceptors (Lipinski definition) is 8. The van der Waals surface area contributed by atoms with Crippen molar-refractivity contribution in [3.8, 4) is 22.3 Å². The van der Waals surface area contributed by atoms with E-state index < -0.39 is 0 Å². The first-order valence-electron chi connectivity index (χ1n) is 19.3. The maximum atomic E-state index is 11.6. The molecule has 12 nitrogen and oxygen atoms in total. The molecule has 2 N–H and O–H groups in total. The fraction of sp³-hybridized carbons (Fsp3) is 0.244. The molecule has 4 aromatic carbocycles. The van der Waals surface area contributed by atoms with Crippen LogP contribution >= 0.6 is 0 Å². The monoisotopic (exact) mass is 756 g/mol. The summed E-state index contributed by atoms with van der Waals surface area (Å²) >= 11 is 0. The highest BCUT2D eigenvalue weighted by Gasteiger charge is 2.29. The van der Waals surface area contributed by atoms with Crippen LogP contribution in [0.3, 0.4) is 0 Å². The molecule has 4 aromatic heterocycles. The van der Waals surface area contributed by atoms with Crippen LogP contribution in [0.4, 0.5) is 11.4 Å². The number of hydrogen-bond donors (Lipinski definition) is 2. The predicted molar refractivity (Wildman–Crippen MR) is 227 cm³/mol. The van der Waals surface area contributed by atoms with E-state index in [0.29, 0.717) is 0 Å². The molecule has 286 valence electrons. The summed E-state index contributed by atoms with van der Waals surface area (Å²) in [5.74, 6) is 0.259. The van der Waals surface area contributed by atoms with Gasteiger partial charge in [0.05, 0.1) is 28.1 Å². The predicted octanol–water partition coefficient (Wildman–Crippen LogP) is 7.25. The maximum absolute atomic E-state index is 11.6. The molecule has 8 aromatic rings. The highest BCUT2D eigenvalue weighted by Crippen LogP contribution is 2.34. The van der Waals surface area contributed by atoms with Crippen molar-refractivity contribution in [1.29, 1.82) is 0 Å². The van der Waals surface area contributed by atoms with E-state index in [1.165, 1.54) is 21.8 Å². The zero-order chi connectivity index (χ0) is 39.2. The number of carbonyl (C=O) groups is 2. The average molecular weight is 757 g/mol. The van der Waals surface area contributed by atoms with Gasteiger partial charge < -0.3 is 29.6 Å². The van der Waals surface area contributed by atoms with E-state index in [1.807, 2.05) is 21.9 Å². The topological polar surface area (TPSA) is 126 Å². The highest BCUT2D eigenvalue weighted by molar-refractivity contribution is 5.98. The fourth-order valence-electron chi connectivity index (χ4n) is 8.08. The Labute approximate surface area is 330 Å². The minimum atomic E-state index is 0.124. The molecule has 6 heterocycles.